The molecule has 5 nitrogen and oxygen atoms in total. The van der Waals surface area contributed by atoms with Crippen LogP contribution in [-0.2, 0) is 21.3 Å². The summed E-state index contributed by atoms with van der Waals surface area (Å²) >= 11 is 11.9. The van der Waals surface area contributed by atoms with Crippen LogP contribution in [0.1, 0.15) is 18.4 Å². The molecule has 0 unspecified atom stereocenters. The van der Waals surface area contributed by atoms with Gasteiger partial charge in [0.2, 0.25) is 10.0 Å². The summed E-state index contributed by atoms with van der Waals surface area (Å²) < 4.78 is 31.7. The zero-order chi connectivity index (χ0) is 15.2. The predicted octanol–water partition coefficient (Wildman–Crippen LogP) is 2.16. The molecule has 0 saturated heterocycles. The van der Waals surface area contributed by atoms with E-state index in [1.165, 1.54) is 12.1 Å². The van der Waals surface area contributed by atoms with Gasteiger partial charge in [-0.1, -0.05) is 23.2 Å². The van der Waals surface area contributed by atoms with E-state index in [2.05, 4.69) is 4.72 Å². The van der Waals surface area contributed by atoms with Crippen LogP contribution in [0, 0.1) is 0 Å². The van der Waals surface area contributed by atoms with Crippen LogP contribution in [0.5, 0.6) is 0 Å². The fourth-order valence-electron chi connectivity index (χ4n) is 1.59. The first-order valence-electron chi connectivity index (χ1n) is 6.09. The number of halogens is 2. The van der Waals surface area contributed by atoms with E-state index in [0.29, 0.717) is 30.2 Å². The molecule has 20 heavy (non-hydrogen) atoms. The van der Waals surface area contributed by atoms with E-state index in [0.717, 1.165) is 6.42 Å². The number of sulfonamides is 1. The van der Waals surface area contributed by atoms with Gasteiger partial charge in [-0.15, -0.1) is 0 Å². The highest BCUT2D eigenvalue weighted by atomic mass is 35.5. The second-order valence-electron chi connectivity index (χ2n) is 4.18. The number of hydrogen-bond donors (Lipinski definition) is 2. The molecule has 1 rings (SSSR count). The quantitative estimate of drug-likeness (QED) is 0.710. The van der Waals surface area contributed by atoms with Crippen LogP contribution in [0.2, 0.25) is 10.0 Å². The maximum Gasteiger partial charge on any atom is 0.242 e. The monoisotopic (exact) mass is 340 g/mol. The molecule has 0 saturated carbocycles. The van der Waals surface area contributed by atoms with Gasteiger partial charge in [0, 0.05) is 31.8 Å². The van der Waals surface area contributed by atoms with Gasteiger partial charge in [0.1, 0.15) is 4.90 Å². The Bertz CT molecular complexity index is 550. The molecule has 0 fully saturated rings. The highest BCUT2D eigenvalue weighted by Gasteiger charge is 2.19. The SMILES string of the molecule is COCCCCNS(=O)(=O)c1cc(CN)c(Cl)cc1Cl. The zero-order valence-electron chi connectivity index (χ0n) is 11.2. The van der Waals surface area contributed by atoms with Crippen molar-refractivity contribution in [2.24, 2.45) is 5.73 Å². The highest BCUT2D eigenvalue weighted by molar-refractivity contribution is 7.89. The number of unbranched alkanes of at least 4 members (excludes halogenated alkanes) is 1. The Morgan fingerprint density at radius 2 is 1.95 bits per heavy atom. The Hall–Kier alpha value is -0.370. The van der Waals surface area contributed by atoms with Gasteiger partial charge in [0.15, 0.2) is 0 Å². The molecule has 0 aliphatic heterocycles. The van der Waals surface area contributed by atoms with Crippen LogP contribution in [0.15, 0.2) is 17.0 Å². The normalized spacial score (nSPS) is 11.8. The van der Waals surface area contributed by atoms with Crippen molar-refractivity contribution in [2.75, 3.05) is 20.3 Å². The average Bonchev–Trinajstić information content (AvgIpc) is 2.38. The van der Waals surface area contributed by atoms with Gasteiger partial charge < -0.3 is 10.5 Å². The first-order chi connectivity index (χ1) is 9.42. The lowest BCUT2D eigenvalue weighted by Gasteiger charge is -2.11. The average molecular weight is 341 g/mol. The van der Waals surface area contributed by atoms with Gasteiger partial charge in [-0.25, -0.2) is 13.1 Å². The van der Waals surface area contributed by atoms with Crippen LogP contribution < -0.4 is 10.5 Å². The molecule has 0 radical (unpaired) electrons. The summed E-state index contributed by atoms with van der Waals surface area (Å²) in [6.45, 7) is 1.07. The van der Waals surface area contributed by atoms with E-state index in [4.69, 9.17) is 33.7 Å². The number of nitrogens with two attached hydrogens (primary N) is 1. The molecule has 8 heteroatoms. The van der Waals surface area contributed by atoms with E-state index in [1.807, 2.05) is 0 Å². The molecular formula is C12H18Cl2N2O3S. The summed E-state index contributed by atoms with van der Waals surface area (Å²) in [6, 6.07) is 2.80. The van der Waals surface area contributed by atoms with Crippen molar-refractivity contribution in [3.63, 3.8) is 0 Å². The van der Waals surface area contributed by atoms with Gasteiger partial charge >= 0.3 is 0 Å². The zero-order valence-corrected chi connectivity index (χ0v) is 13.5. The van der Waals surface area contributed by atoms with Crippen molar-refractivity contribution in [3.8, 4) is 0 Å². The molecule has 0 spiro atoms. The van der Waals surface area contributed by atoms with Crippen molar-refractivity contribution in [2.45, 2.75) is 24.3 Å². The molecule has 114 valence electrons. The van der Waals surface area contributed by atoms with Crippen molar-refractivity contribution in [3.05, 3.63) is 27.7 Å². The largest absolute Gasteiger partial charge is 0.385 e. The van der Waals surface area contributed by atoms with Gasteiger partial charge in [-0.3, -0.25) is 0 Å². The number of rotatable bonds is 8. The first kappa shape index (κ1) is 17.7. The standard InChI is InChI=1S/C12H18Cl2N2O3S/c1-19-5-3-2-4-16-20(17,18)12-6-9(8-15)10(13)7-11(12)14/h6-7,16H,2-5,8,15H2,1H3. The van der Waals surface area contributed by atoms with Crippen LogP contribution in [-0.4, -0.2) is 28.7 Å². The van der Waals surface area contributed by atoms with Crippen LogP contribution in [0.4, 0.5) is 0 Å². The Balaban J connectivity index is 2.82. The predicted molar refractivity (Wildman–Crippen MR) is 80.7 cm³/mol. The molecule has 0 heterocycles. The topological polar surface area (TPSA) is 81.4 Å². The third-order valence-corrected chi connectivity index (χ3v) is 4.96. The smallest absolute Gasteiger partial charge is 0.242 e. The molecular weight excluding hydrogens is 323 g/mol. The summed E-state index contributed by atoms with van der Waals surface area (Å²) in [7, 11) is -2.06. The maximum atomic E-state index is 12.2. The Kier molecular flexibility index (Phi) is 7.22. The maximum absolute atomic E-state index is 12.2. The molecule has 0 aromatic heterocycles. The van der Waals surface area contributed by atoms with E-state index >= 15 is 0 Å². The van der Waals surface area contributed by atoms with Crippen LogP contribution in [0.25, 0.3) is 0 Å². The number of benzene rings is 1. The lowest BCUT2D eigenvalue weighted by molar-refractivity contribution is 0.193. The Morgan fingerprint density at radius 3 is 2.55 bits per heavy atom. The minimum absolute atomic E-state index is 0.00393. The lowest BCUT2D eigenvalue weighted by Crippen LogP contribution is -2.25. The molecule has 0 aliphatic carbocycles. The van der Waals surface area contributed by atoms with Gasteiger partial charge in [-0.2, -0.15) is 0 Å². The van der Waals surface area contributed by atoms with Crippen molar-refractivity contribution >= 4 is 33.2 Å². The third kappa shape index (κ3) is 4.87. The molecule has 1 aromatic rings. The molecule has 0 amide bonds. The Labute approximate surface area is 129 Å². The summed E-state index contributed by atoms with van der Waals surface area (Å²) in [5.74, 6) is 0. The minimum atomic E-state index is -3.66. The number of ether oxygens (including phenoxy) is 1. The van der Waals surface area contributed by atoms with Gasteiger partial charge in [-0.05, 0) is 30.5 Å². The Morgan fingerprint density at radius 1 is 1.25 bits per heavy atom. The summed E-state index contributed by atoms with van der Waals surface area (Å²) in [5, 5.41) is 0.438. The second kappa shape index (κ2) is 8.17. The molecule has 3 N–H and O–H groups in total. The van der Waals surface area contributed by atoms with Crippen LogP contribution in [0.3, 0.4) is 0 Å². The van der Waals surface area contributed by atoms with E-state index in [-0.39, 0.29) is 16.5 Å². The van der Waals surface area contributed by atoms with Gasteiger partial charge in [0.05, 0.1) is 5.02 Å². The minimum Gasteiger partial charge on any atom is -0.385 e. The summed E-state index contributed by atoms with van der Waals surface area (Å²) in [5.41, 5.74) is 6.05. The van der Waals surface area contributed by atoms with Crippen LogP contribution >= 0.6 is 23.2 Å². The lowest BCUT2D eigenvalue weighted by atomic mass is 10.2. The third-order valence-electron chi connectivity index (χ3n) is 2.68. The number of hydrogen-bond acceptors (Lipinski definition) is 4. The summed E-state index contributed by atoms with van der Waals surface area (Å²) in [6.07, 6.45) is 1.46. The molecule has 0 atom stereocenters. The van der Waals surface area contributed by atoms with Crippen molar-refractivity contribution in [1.29, 1.82) is 0 Å². The fraction of sp³-hybridized carbons (Fsp3) is 0.500. The molecule has 0 aliphatic rings. The summed E-state index contributed by atoms with van der Waals surface area (Å²) in [4.78, 5) is -0.00393. The van der Waals surface area contributed by atoms with Gasteiger partial charge in [0.25, 0.3) is 0 Å². The number of methoxy groups -OCH3 is 1. The first-order valence-corrected chi connectivity index (χ1v) is 8.33. The van der Waals surface area contributed by atoms with E-state index in [1.54, 1.807) is 7.11 Å². The van der Waals surface area contributed by atoms with Crippen molar-refractivity contribution in [1.82, 2.24) is 4.72 Å². The highest BCUT2D eigenvalue weighted by Crippen LogP contribution is 2.28. The molecule has 1 aromatic carbocycles. The number of nitrogens with one attached hydrogen (secondary N) is 1. The second-order valence-corrected chi connectivity index (χ2v) is 6.73. The van der Waals surface area contributed by atoms with E-state index in [9.17, 15) is 8.42 Å². The fourth-order valence-corrected chi connectivity index (χ4v) is 3.54. The van der Waals surface area contributed by atoms with Crippen molar-refractivity contribution < 1.29 is 13.2 Å². The molecule has 0 bridgehead atoms. The van der Waals surface area contributed by atoms with E-state index < -0.39 is 10.0 Å².